The third-order valence-corrected chi connectivity index (χ3v) is 2.10. The number of halogens is 2. The van der Waals surface area contributed by atoms with Gasteiger partial charge in [-0.25, -0.2) is 18.4 Å². The van der Waals surface area contributed by atoms with Crippen molar-refractivity contribution in [2.24, 2.45) is 0 Å². The first-order valence-corrected chi connectivity index (χ1v) is 5.71. The fourth-order valence-electron chi connectivity index (χ4n) is 1.44. The highest BCUT2D eigenvalue weighted by Crippen LogP contribution is 2.21. The van der Waals surface area contributed by atoms with Crippen LogP contribution in [0.2, 0.25) is 0 Å². The number of carbonyl (C=O) groups excluding carboxylic acids is 3. The van der Waals surface area contributed by atoms with E-state index in [1.54, 1.807) is 0 Å². The summed E-state index contributed by atoms with van der Waals surface area (Å²) in [4.78, 5) is 34.6. The first-order chi connectivity index (χ1) is 8.80. The van der Waals surface area contributed by atoms with Crippen molar-refractivity contribution >= 4 is 17.8 Å². The predicted octanol–water partition coefficient (Wildman–Crippen LogP) is 0.643. The van der Waals surface area contributed by atoms with Crippen molar-refractivity contribution in [2.45, 2.75) is 39.2 Å². The van der Waals surface area contributed by atoms with Gasteiger partial charge in [-0.1, -0.05) is 0 Å². The molecule has 0 fully saturated rings. The van der Waals surface area contributed by atoms with Crippen LogP contribution in [-0.4, -0.2) is 43.0 Å². The molecule has 0 heterocycles. The van der Waals surface area contributed by atoms with Crippen LogP contribution in [-0.2, 0) is 23.9 Å². The summed E-state index contributed by atoms with van der Waals surface area (Å²) in [6, 6.07) is 0. The van der Waals surface area contributed by atoms with Crippen LogP contribution in [0.4, 0.5) is 8.78 Å². The van der Waals surface area contributed by atoms with Crippen molar-refractivity contribution in [3.63, 3.8) is 0 Å². The Labute approximate surface area is 109 Å². The van der Waals surface area contributed by atoms with Crippen LogP contribution in [0.25, 0.3) is 0 Å². The van der Waals surface area contributed by atoms with Crippen molar-refractivity contribution in [1.29, 1.82) is 0 Å². The van der Waals surface area contributed by atoms with Crippen molar-refractivity contribution < 1.29 is 32.6 Å². The highest BCUT2D eigenvalue weighted by Gasteiger charge is 2.51. The molecular weight excluding hydrogens is 264 g/mol. The molecule has 0 aliphatic carbocycles. The summed E-state index contributed by atoms with van der Waals surface area (Å²) < 4.78 is 34.4. The summed E-state index contributed by atoms with van der Waals surface area (Å²) in [7, 11) is 0. The summed E-state index contributed by atoms with van der Waals surface area (Å²) >= 11 is 0. The molecule has 1 amide bonds. The van der Waals surface area contributed by atoms with Gasteiger partial charge in [-0.15, -0.1) is 0 Å². The highest BCUT2D eigenvalue weighted by atomic mass is 19.3. The van der Waals surface area contributed by atoms with E-state index in [1.165, 1.54) is 13.8 Å². The third kappa shape index (κ3) is 4.80. The van der Waals surface area contributed by atoms with E-state index in [0.717, 1.165) is 6.92 Å². The fraction of sp³-hybridized carbons (Fsp3) is 0.727. The van der Waals surface area contributed by atoms with Gasteiger partial charge in [-0.2, -0.15) is 0 Å². The highest BCUT2D eigenvalue weighted by molar-refractivity contribution is 6.07. The standard InChI is InChI=1S/C11H17F2NO5/c1-4-18-9(16)11(6-8(12)13,14-7(3)15)10(17)19-5-2/h8H,4-6H2,1-3H3,(H,14,15). The van der Waals surface area contributed by atoms with E-state index in [1.807, 2.05) is 5.32 Å². The molecule has 0 saturated heterocycles. The van der Waals surface area contributed by atoms with Gasteiger partial charge in [0.1, 0.15) is 0 Å². The minimum atomic E-state index is -3.00. The fourth-order valence-corrected chi connectivity index (χ4v) is 1.44. The molecule has 6 nitrogen and oxygen atoms in total. The molecule has 0 aliphatic heterocycles. The average molecular weight is 281 g/mol. The number of ether oxygens (including phenoxy) is 2. The van der Waals surface area contributed by atoms with Crippen molar-refractivity contribution in [3.05, 3.63) is 0 Å². The quantitative estimate of drug-likeness (QED) is 0.547. The Morgan fingerprint density at radius 2 is 1.53 bits per heavy atom. The summed E-state index contributed by atoms with van der Waals surface area (Å²) in [5.74, 6) is -3.34. The molecule has 19 heavy (non-hydrogen) atoms. The molecule has 0 saturated carbocycles. The topological polar surface area (TPSA) is 81.7 Å². The van der Waals surface area contributed by atoms with Gasteiger partial charge in [-0.3, -0.25) is 4.79 Å². The Balaban J connectivity index is 5.48. The van der Waals surface area contributed by atoms with Crippen LogP contribution < -0.4 is 5.32 Å². The van der Waals surface area contributed by atoms with Crippen LogP contribution in [0.3, 0.4) is 0 Å². The summed E-state index contributed by atoms with van der Waals surface area (Å²) in [5.41, 5.74) is -2.51. The molecular formula is C11H17F2NO5. The van der Waals surface area contributed by atoms with Gasteiger partial charge >= 0.3 is 11.9 Å². The Morgan fingerprint density at radius 1 is 1.11 bits per heavy atom. The Kier molecular flexibility index (Phi) is 6.95. The summed E-state index contributed by atoms with van der Waals surface area (Å²) in [6.07, 6.45) is -4.20. The molecule has 0 aromatic rings. The van der Waals surface area contributed by atoms with Gasteiger partial charge in [0.05, 0.1) is 19.6 Å². The molecule has 0 aromatic heterocycles. The van der Waals surface area contributed by atoms with Gasteiger partial charge in [0, 0.05) is 6.92 Å². The van der Waals surface area contributed by atoms with Gasteiger partial charge < -0.3 is 14.8 Å². The number of hydrogen-bond donors (Lipinski definition) is 1. The second-order valence-electron chi connectivity index (χ2n) is 3.62. The maximum Gasteiger partial charge on any atom is 0.343 e. The van der Waals surface area contributed by atoms with Gasteiger partial charge in [0.25, 0.3) is 0 Å². The first kappa shape index (κ1) is 17.3. The Morgan fingerprint density at radius 3 is 1.79 bits per heavy atom. The normalized spacial score (nSPS) is 11.1. The Bertz CT molecular complexity index is 328. The van der Waals surface area contributed by atoms with Crippen LogP contribution in [0, 0.1) is 0 Å². The molecule has 0 rings (SSSR count). The second kappa shape index (κ2) is 7.65. The molecule has 0 atom stereocenters. The average Bonchev–Trinajstić information content (AvgIpc) is 2.27. The summed E-state index contributed by atoms with van der Waals surface area (Å²) in [6.45, 7) is 3.65. The smallest absolute Gasteiger partial charge is 0.343 e. The molecule has 0 radical (unpaired) electrons. The van der Waals surface area contributed by atoms with Crippen LogP contribution in [0.1, 0.15) is 27.2 Å². The van der Waals surface area contributed by atoms with Crippen molar-refractivity contribution in [2.75, 3.05) is 13.2 Å². The van der Waals surface area contributed by atoms with E-state index in [0.29, 0.717) is 0 Å². The van der Waals surface area contributed by atoms with E-state index in [9.17, 15) is 23.2 Å². The maximum absolute atomic E-state index is 12.6. The molecule has 0 spiro atoms. The predicted molar refractivity (Wildman–Crippen MR) is 60.4 cm³/mol. The lowest BCUT2D eigenvalue weighted by molar-refractivity contribution is -0.170. The number of nitrogens with one attached hydrogen (secondary N) is 1. The Hall–Kier alpha value is -1.73. The lowest BCUT2D eigenvalue weighted by Crippen LogP contribution is -2.62. The molecule has 1 N–H and O–H groups in total. The van der Waals surface area contributed by atoms with Crippen LogP contribution in [0.5, 0.6) is 0 Å². The zero-order valence-electron chi connectivity index (χ0n) is 11.0. The first-order valence-electron chi connectivity index (χ1n) is 5.71. The number of amides is 1. The maximum atomic E-state index is 12.6. The number of hydrogen-bond acceptors (Lipinski definition) is 5. The van der Waals surface area contributed by atoms with Crippen molar-refractivity contribution in [3.8, 4) is 0 Å². The van der Waals surface area contributed by atoms with Gasteiger partial charge in [-0.05, 0) is 13.8 Å². The largest absolute Gasteiger partial charge is 0.464 e. The van der Waals surface area contributed by atoms with Crippen molar-refractivity contribution in [1.82, 2.24) is 5.32 Å². The van der Waals surface area contributed by atoms with E-state index in [-0.39, 0.29) is 13.2 Å². The van der Waals surface area contributed by atoms with Crippen LogP contribution >= 0.6 is 0 Å². The molecule has 0 aliphatic rings. The zero-order chi connectivity index (χ0) is 15.1. The van der Waals surface area contributed by atoms with E-state index in [4.69, 9.17) is 0 Å². The molecule has 0 unspecified atom stereocenters. The number of carbonyl (C=O) groups is 3. The van der Waals surface area contributed by atoms with E-state index >= 15 is 0 Å². The molecule has 8 heteroatoms. The zero-order valence-corrected chi connectivity index (χ0v) is 11.0. The lowest BCUT2D eigenvalue weighted by atomic mass is 9.95. The number of alkyl halides is 2. The number of rotatable bonds is 7. The second-order valence-corrected chi connectivity index (χ2v) is 3.62. The SMILES string of the molecule is CCOC(=O)C(CC(F)F)(NC(C)=O)C(=O)OCC. The van der Waals surface area contributed by atoms with Gasteiger partial charge in [0.2, 0.25) is 17.9 Å². The monoisotopic (exact) mass is 281 g/mol. The molecule has 0 bridgehead atoms. The summed E-state index contributed by atoms with van der Waals surface area (Å²) in [5, 5.41) is 1.93. The van der Waals surface area contributed by atoms with E-state index in [2.05, 4.69) is 9.47 Å². The van der Waals surface area contributed by atoms with Gasteiger partial charge in [0.15, 0.2) is 0 Å². The lowest BCUT2D eigenvalue weighted by Gasteiger charge is -2.29. The minimum absolute atomic E-state index is 0.122. The molecule has 110 valence electrons. The molecule has 0 aromatic carbocycles. The number of esters is 2. The minimum Gasteiger partial charge on any atom is -0.464 e. The van der Waals surface area contributed by atoms with E-state index < -0.39 is 36.2 Å². The van der Waals surface area contributed by atoms with Crippen LogP contribution in [0.15, 0.2) is 0 Å². The third-order valence-electron chi connectivity index (χ3n) is 2.10.